The lowest BCUT2D eigenvalue weighted by Crippen LogP contribution is -2.52. The highest BCUT2D eigenvalue weighted by atomic mass is 32.2. The molecular formula is C14H27N3O3S. The van der Waals surface area contributed by atoms with Gasteiger partial charge in [0.05, 0.1) is 6.26 Å². The van der Waals surface area contributed by atoms with Crippen molar-refractivity contribution < 1.29 is 13.2 Å². The van der Waals surface area contributed by atoms with Gasteiger partial charge in [0.15, 0.2) is 0 Å². The standard InChI is InChI=1S/C14H27N3O3S/c1-21(19,20)16-13-7-4-10-17(11-13)14(18)15-9-8-12-5-2-3-6-12/h12-13,16H,2-11H2,1H3,(H,15,18). The van der Waals surface area contributed by atoms with Crippen LogP contribution in [0.15, 0.2) is 0 Å². The van der Waals surface area contributed by atoms with E-state index in [4.69, 9.17) is 0 Å². The van der Waals surface area contributed by atoms with Gasteiger partial charge in [0.1, 0.15) is 0 Å². The SMILES string of the molecule is CS(=O)(=O)NC1CCCN(C(=O)NCCC2CCCC2)C1. The molecule has 1 atom stereocenters. The molecule has 1 unspecified atom stereocenters. The minimum absolute atomic E-state index is 0.0620. The Labute approximate surface area is 127 Å². The number of nitrogens with one attached hydrogen (secondary N) is 2. The molecule has 0 aromatic rings. The Kier molecular flexibility index (Phi) is 5.87. The van der Waals surface area contributed by atoms with E-state index in [2.05, 4.69) is 10.0 Å². The lowest BCUT2D eigenvalue weighted by Gasteiger charge is -2.32. The molecule has 2 aliphatic rings. The van der Waals surface area contributed by atoms with E-state index in [-0.39, 0.29) is 12.1 Å². The lowest BCUT2D eigenvalue weighted by molar-refractivity contribution is 0.177. The Morgan fingerprint density at radius 2 is 1.90 bits per heavy atom. The van der Waals surface area contributed by atoms with Crippen LogP contribution in [0.25, 0.3) is 0 Å². The molecule has 2 rings (SSSR count). The van der Waals surface area contributed by atoms with E-state index in [0.29, 0.717) is 13.1 Å². The number of sulfonamides is 1. The van der Waals surface area contributed by atoms with Crippen molar-refractivity contribution in [3.63, 3.8) is 0 Å². The summed E-state index contributed by atoms with van der Waals surface area (Å²) in [5.41, 5.74) is 0. The first-order valence-corrected chi connectivity index (χ1v) is 9.83. The average molecular weight is 317 g/mol. The van der Waals surface area contributed by atoms with Crippen LogP contribution in [0.1, 0.15) is 44.9 Å². The van der Waals surface area contributed by atoms with E-state index in [1.165, 1.54) is 25.7 Å². The normalized spacial score (nSPS) is 24.2. The molecule has 0 spiro atoms. The molecule has 1 saturated carbocycles. The molecule has 6 nitrogen and oxygen atoms in total. The van der Waals surface area contributed by atoms with E-state index >= 15 is 0 Å². The zero-order chi connectivity index (χ0) is 15.3. The maximum absolute atomic E-state index is 12.1. The minimum Gasteiger partial charge on any atom is -0.338 e. The summed E-state index contributed by atoms with van der Waals surface area (Å²) in [4.78, 5) is 13.8. The van der Waals surface area contributed by atoms with Gasteiger partial charge < -0.3 is 10.2 Å². The second kappa shape index (κ2) is 7.45. The summed E-state index contributed by atoms with van der Waals surface area (Å²) in [6.07, 6.45) is 9.08. The van der Waals surface area contributed by atoms with Gasteiger partial charge in [-0.15, -0.1) is 0 Å². The van der Waals surface area contributed by atoms with Gasteiger partial charge >= 0.3 is 6.03 Å². The van der Waals surface area contributed by atoms with Crippen LogP contribution < -0.4 is 10.0 Å². The Morgan fingerprint density at radius 3 is 2.57 bits per heavy atom. The summed E-state index contributed by atoms with van der Waals surface area (Å²) in [5, 5.41) is 2.97. The number of amides is 2. The third-order valence-electron chi connectivity index (χ3n) is 4.39. The van der Waals surface area contributed by atoms with Crippen molar-refractivity contribution in [1.29, 1.82) is 0 Å². The maximum atomic E-state index is 12.1. The van der Waals surface area contributed by atoms with Crippen molar-refractivity contribution >= 4 is 16.1 Å². The molecule has 2 N–H and O–H groups in total. The second-order valence-corrected chi connectivity index (χ2v) is 8.13. The number of carbonyl (C=O) groups excluding carboxylic acids is 1. The van der Waals surface area contributed by atoms with Gasteiger partial charge in [-0.3, -0.25) is 0 Å². The number of rotatable bonds is 5. The van der Waals surface area contributed by atoms with Crippen LogP contribution in [0, 0.1) is 5.92 Å². The summed E-state index contributed by atoms with van der Waals surface area (Å²) in [7, 11) is -3.21. The number of piperidine rings is 1. The monoisotopic (exact) mass is 317 g/mol. The van der Waals surface area contributed by atoms with Gasteiger partial charge in [0.25, 0.3) is 0 Å². The minimum atomic E-state index is -3.21. The van der Waals surface area contributed by atoms with Gasteiger partial charge in [0.2, 0.25) is 10.0 Å². The van der Waals surface area contributed by atoms with Gasteiger partial charge in [-0.1, -0.05) is 25.7 Å². The third kappa shape index (κ3) is 5.82. The first-order chi connectivity index (χ1) is 9.94. The van der Waals surface area contributed by atoms with E-state index in [1.54, 1.807) is 4.90 Å². The van der Waals surface area contributed by atoms with Crippen molar-refractivity contribution in [2.45, 2.75) is 51.0 Å². The van der Waals surface area contributed by atoms with Crippen molar-refractivity contribution in [2.75, 3.05) is 25.9 Å². The maximum Gasteiger partial charge on any atom is 0.317 e. The second-order valence-electron chi connectivity index (χ2n) is 6.35. The lowest BCUT2D eigenvalue weighted by atomic mass is 10.0. The highest BCUT2D eigenvalue weighted by Gasteiger charge is 2.25. The summed E-state index contributed by atoms with van der Waals surface area (Å²) < 4.78 is 25.1. The van der Waals surface area contributed by atoms with Crippen molar-refractivity contribution in [3.8, 4) is 0 Å². The molecule has 0 aromatic heterocycles. The van der Waals surface area contributed by atoms with Gasteiger partial charge in [0, 0.05) is 25.7 Å². The number of nitrogens with zero attached hydrogens (tertiary/aromatic N) is 1. The molecule has 0 bridgehead atoms. The first-order valence-electron chi connectivity index (χ1n) is 7.94. The molecule has 1 heterocycles. The first kappa shape index (κ1) is 16.5. The molecule has 1 aliphatic heterocycles. The highest BCUT2D eigenvalue weighted by molar-refractivity contribution is 7.88. The number of carbonyl (C=O) groups is 1. The predicted molar refractivity (Wildman–Crippen MR) is 82.5 cm³/mol. The van der Waals surface area contributed by atoms with E-state index in [9.17, 15) is 13.2 Å². The number of urea groups is 1. The van der Waals surface area contributed by atoms with E-state index < -0.39 is 10.0 Å². The molecule has 2 fully saturated rings. The zero-order valence-electron chi connectivity index (χ0n) is 12.8. The largest absolute Gasteiger partial charge is 0.338 e. The molecule has 1 saturated heterocycles. The molecule has 7 heteroatoms. The number of hydrogen-bond acceptors (Lipinski definition) is 3. The molecular weight excluding hydrogens is 290 g/mol. The van der Waals surface area contributed by atoms with E-state index in [0.717, 1.165) is 38.0 Å². The smallest absolute Gasteiger partial charge is 0.317 e. The molecule has 21 heavy (non-hydrogen) atoms. The molecule has 1 aliphatic carbocycles. The fourth-order valence-corrected chi connectivity index (χ4v) is 4.15. The van der Waals surface area contributed by atoms with E-state index in [1.807, 2.05) is 0 Å². The topological polar surface area (TPSA) is 78.5 Å². The van der Waals surface area contributed by atoms with Crippen LogP contribution in [0.3, 0.4) is 0 Å². The third-order valence-corrected chi connectivity index (χ3v) is 5.15. The van der Waals surface area contributed by atoms with Gasteiger partial charge in [-0.05, 0) is 25.2 Å². The molecule has 2 amide bonds. The van der Waals surface area contributed by atoms with Crippen molar-refractivity contribution in [1.82, 2.24) is 14.9 Å². The van der Waals surface area contributed by atoms with Crippen molar-refractivity contribution in [3.05, 3.63) is 0 Å². The average Bonchev–Trinajstić information content (AvgIpc) is 2.90. The summed E-state index contributed by atoms with van der Waals surface area (Å²) >= 11 is 0. The fraction of sp³-hybridized carbons (Fsp3) is 0.929. The van der Waals surface area contributed by atoms with Crippen molar-refractivity contribution in [2.24, 2.45) is 5.92 Å². The van der Waals surface area contributed by atoms with Crippen LogP contribution in [0.2, 0.25) is 0 Å². The van der Waals surface area contributed by atoms with Gasteiger partial charge in [-0.2, -0.15) is 0 Å². The number of likely N-dealkylation sites (tertiary alicyclic amines) is 1. The Bertz CT molecular complexity index is 446. The van der Waals surface area contributed by atoms with Crippen LogP contribution in [0.4, 0.5) is 4.79 Å². The van der Waals surface area contributed by atoms with Crippen LogP contribution in [-0.2, 0) is 10.0 Å². The van der Waals surface area contributed by atoms with Crippen LogP contribution in [0.5, 0.6) is 0 Å². The molecule has 122 valence electrons. The van der Waals surface area contributed by atoms with Crippen LogP contribution >= 0.6 is 0 Å². The summed E-state index contributed by atoms with van der Waals surface area (Å²) in [5.74, 6) is 0.770. The Balaban J connectivity index is 1.71. The van der Waals surface area contributed by atoms with Gasteiger partial charge in [-0.25, -0.2) is 17.9 Å². The highest BCUT2D eigenvalue weighted by Crippen LogP contribution is 2.26. The Morgan fingerprint density at radius 1 is 1.19 bits per heavy atom. The van der Waals surface area contributed by atoms with Crippen LogP contribution in [-0.4, -0.2) is 51.3 Å². The summed E-state index contributed by atoms with van der Waals surface area (Å²) in [6, 6.07) is -0.220. The summed E-state index contributed by atoms with van der Waals surface area (Å²) in [6.45, 7) is 1.89. The predicted octanol–water partition coefficient (Wildman–Crippen LogP) is 1.29. The fourth-order valence-electron chi connectivity index (χ4n) is 3.35. The molecule has 0 aromatic carbocycles. The number of hydrogen-bond donors (Lipinski definition) is 2. The Hall–Kier alpha value is -0.820. The molecule has 0 radical (unpaired) electrons. The zero-order valence-corrected chi connectivity index (χ0v) is 13.6. The quantitative estimate of drug-likeness (QED) is 0.802.